The summed E-state index contributed by atoms with van der Waals surface area (Å²) in [6.45, 7) is 7.93. The normalized spacial score (nSPS) is 30.7. The lowest BCUT2D eigenvalue weighted by Crippen LogP contribution is -2.63. The van der Waals surface area contributed by atoms with E-state index in [1.54, 1.807) is 6.08 Å². The van der Waals surface area contributed by atoms with Crippen molar-refractivity contribution >= 4 is 29.8 Å². The van der Waals surface area contributed by atoms with Crippen molar-refractivity contribution in [3.05, 3.63) is 36.1 Å². The van der Waals surface area contributed by atoms with Crippen molar-refractivity contribution in [2.24, 2.45) is 5.92 Å². The van der Waals surface area contributed by atoms with Crippen molar-refractivity contribution < 1.29 is 61.9 Å². The van der Waals surface area contributed by atoms with Gasteiger partial charge in [-0.15, -0.1) is 6.58 Å². The fourth-order valence-corrected chi connectivity index (χ4v) is 4.10. The predicted octanol–water partition coefficient (Wildman–Crippen LogP) is 0.612. The molecule has 3 aliphatic rings. The molecule has 3 rings (SSSR count). The van der Waals surface area contributed by atoms with Gasteiger partial charge in [0.15, 0.2) is 18.3 Å². The third-order valence-electron chi connectivity index (χ3n) is 5.49. The van der Waals surface area contributed by atoms with E-state index in [0.29, 0.717) is 5.57 Å². The van der Waals surface area contributed by atoms with Gasteiger partial charge in [-0.05, 0) is 11.6 Å². The zero-order chi connectivity index (χ0) is 27.3. The Kier molecular flexibility index (Phi) is 9.05. The molecular weight excluding hydrogens is 496 g/mol. The third kappa shape index (κ3) is 6.74. The fraction of sp³-hybridized carbons (Fsp3) is 0.542. The van der Waals surface area contributed by atoms with E-state index in [2.05, 4.69) is 6.58 Å². The standard InChI is InChI=1S/C24H28O13/c1-6-15-16-7-8-30-22(29)17(16)9-32-23(15)37-24-21(35-14(5)28)20(34-13(4)27)19(33-12(3)26)18(36-24)10-31-11(2)25/h6-7,9,15,18-21,23-24H,1,8,10H2,2-5H3/t15-,18-,19-,20+,21-,23+,24+/m1/s1. The monoisotopic (exact) mass is 524 g/mol. The summed E-state index contributed by atoms with van der Waals surface area (Å²) in [5, 5.41) is 0. The quantitative estimate of drug-likeness (QED) is 0.247. The molecule has 0 N–H and O–H groups in total. The first-order valence-electron chi connectivity index (χ1n) is 11.3. The van der Waals surface area contributed by atoms with Crippen molar-refractivity contribution in [2.45, 2.75) is 64.7 Å². The number of esters is 5. The summed E-state index contributed by atoms with van der Waals surface area (Å²) in [4.78, 5) is 59.4. The Morgan fingerprint density at radius 2 is 1.57 bits per heavy atom. The zero-order valence-corrected chi connectivity index (χ0v) is 20.7. The molecule has 0 unspecified atom stereocenters. The minimum atomic E-state index is -1.46. The molecule has 3 aliphatic heterocycles. The summed E-state index contributed by atoms with van der Waals surface area (Å²) in [6, 6.07) is 0. The van der Waals surface area contributed by atoms with Crippen LogP contribution in [-0.4, -0.2) is 80.1 Å². The van der Waals surface area contributed by atoms with Gasteiger partial charge in [0.1, 0.15) is 25.6 Å². The van der Waals surface area contributed by atoms with Crippen LogP contribution < -0.4 is 0 Å². The lowest BCUT2D eigenvalue weighted by Gasteiger charge is -2.45. The van der Waals surface area contributed by atoms with E-state index in [1.807, 2.05) is 0 Å². The van der Waals surface area contributed by atoms with E-state index in [9.17, 15) is 24.0 Å². The summed E-state index contributed by atoms with van der Waals surface area (Å²) in [7, 11) is 0. The number of fused-ring (bicyclic) bond motifs is 1. The first kappa shape index (κ1) is 27.9. The van der Waals surface area contributed by atoms with Gasteiger partial charge < -0.3 is 37.9 Å². The van der Waals surface area contributed by atoms with Crippen LogP contribution in [-0.2, 0) is 61.9 Å². The molecule has 0 aromatic carbocycles. The lowest BCUT2D eigenvalue weighted by atomic mass is 9.89. The first-order chi connectivity index (χ1) is 17.5. The van der Waals surface area contributed by atoms with Crippen molar-refractivity contribution in [3.8, 4) is 0 Å². The largest absolute Gasteiger partial charge is 0.471 e. The van der Waals surface area contributed by atoms with Gasteiger partial charge in [-0.2, -0.15) is 0 Å². The van der Waals surface area contributed by atoms with Gasteiger partial charge in [-0.25, -0.2) is 4.79 Å². The van der Waals surface area contributed by atoms with Crippen LogP contribution in [0.3, 0.4) is 0 Å². The van der Waals surface area contributed by atoms with E-state index in [0.717, 1.165) is 20.8 Å². The maximum absolute atomic E-state index is 12.1. The molecule has 0 saturated carbocycles. The minimum absolute atomic E-state index is 0.0433. The Morgan fingerprint density at radius 1 is 0.946 bits per heavy atom. The van der Waals surface area contributed by atoms with Gasteiger partial charge in [0, 0.05) is 27.7 Å². The zero-order valence-electron chi connectivity index (χ0n) is 20.7. The Labute approximate surface area is 212 Å². The molecule has 0 bridgehead atoms. The Morgan fingerprint density at radius 3 is 2.16 bits per heavy atom. The minimum Gasteiger partial charge on any atom is -0.471 e. The molecule has 0 radical (unpaired) electrons. The Bertz CT molecular complexity index is 1010. The highest BCUT2D eigenvalue weighted by atomic mass is 16.8. The fourth-order valence-electron chi connectivity index (χ4n) is 4.10. The van der Waals surface area contributed by atoms with E-state index in [1.165, 1.54) is 19.3 Å². The molecule has 0 aliphatic carbocycles. The number of cyclic esters (lactones) is 1. The van der Waals surface area contributed by atoms with Crippen LogP contribution in [0.1, 0.15) is 27.7 Å². The van der Waals surface area contributed by atoms with Crippen molar-refractivity contribution in [1.29, 1.82) is 0 Å². The van der Waals surface area contributed by atoms with Crippen LogP contribution in [0.15, 0.2) is 36.1 Å². The second-order valence-corrected chi connectivity index (χ2v) is 8.26. The van der Waals surface area contributed by atoms with Gasteiger partial charge in [0.25, 0.3) is 0 Å². The number of carbonyl (C=O) groups is 5. The smallest absolute Gasteiger partial charge is 0.341 e. The number of hydrogen-bond donors (Lipinski definition) is 0. The van der Waals surface area contributed by atoms with Crippen molar-refractivity contribution in [2.75, 3.05) is 13.2 Å². The molecule has 0 spiro atoms. The molecule has 0 amide bonds. The Hall–Kier alpha value is -3.71. The molecule has 202 valence electrons. The number of ether oxygens (including phenoxy) is 8. The number of carbonyl (C=O) groups excluding carboxylic acids is 5. The third-order valence-corrected chi connectivity index (χ3v) is 5.49. The van der Waals surface area contributed by atoms with Crippen LogP contribution in [0.5, 0.6) is 0 Å². The first-order valence-corrected chi connectivity index (χ1v) is 11.3. The second-order valence-electron chi connectivity index (χ2n) is 8.26. The maximum Gasteiger partial charge on any atom is 0.341 e. The van der Waals surface area contributed by atoms with Crippen molar-refractivity contribution in [3.63, 3.8) is 0 Å². The molecule has 3 heterocycles. The lowest BCUT2D eigenvalue weighted by molar-refractivity contribution is -0.339. The van der Waals surface area contributed by atoms with Crippen LogP contribution in [0.2, 0.25) is 0 Å². The molecule has 0 aromatic rings. The van der Waals surface area contributed by atoms with E-state index >= 15 is 0 Å². The molecule has 13 heteroatoms. The summed E-state index contributed by atoms with van der Waals surface area (Å²) < 4.78 is 43.7. The highest BCUT2D eigenvalue weighted by Gasteiger charge is 2.54. The average Bonchev–Trinajstić information content (AvgIpc) is 2.80. The van der Waals surface area contributed by atoms with Crippen LogP contribution in [0.25, 0.3) is 0 Å². The average molecular weight is 524 g/mol. The van der Waals surface area contributed by atoms with Gasteiger partial charge in [-0.3, -0.25) is 19.2 Å². The van der Waals surface area contributed by atoms with Gasteiger partial charge >= 0.3 is 29.8 Å². The molecule has 0 aromatic heterocycles. The highest BCUT2D eigenvalue weighted by Crippen LogP contribution is 2.37. The highest BCUT2D eigenvalue weighted by molar-refractivity contribution is 5.94. The van der Waals surface area contributed by atoms with Crippen LogP contribution in [0.4, 0.5) is 0 Å². The van der Waals surface area contributed by atoms with Crippen LogP contribution in [0, 0.1) is 5.92 Å². The van der Waals surface area contributed by atoms with Gasteiger partial charge in [0.2, 0.25) is 12.6 Å². The summed E-state index contributed by atoms with van der Waals surface area (Å²) >= 11 is 0. The molecular formula is C24H28O13. The summed E-state index contributed by atoms with van der Waals surface area (Å²) in [6.07, 6.45) is -3.58. The van der Waals surface area contributed by atoms with Gasteiger partial charge in [0.05, 0.1) is 11.5 Å². The van der Waals surface area contributed by atoms with Crippen molar-refractivity contribution in [1.82, 2.24) is 0 Å². The molecule has 7 atom stereocenters. The number of hydrogen-bond acceptors (Lipinski definition) is 13. The van der Waals surface area contributed by atoms with E-state index < -0.39 is 79.4 Å². The van der Waals surface area contributed by atoms with E-state index in [-0.39, 0.29) is 12.2 Å². The van der Waals surface area contributed by atoms with E-state index in [4.69, 9.17) is 37.9 Å². The van der Waals surface area contributed by atoms with Gasteiger partial charge in [-0.1, -0.05) is 6.08 Å². The summed E-state index contributed by atoms with van der Waals surface area (Å²) in [5.41, 5.74) is 0.741. The second kappa shape index (κ2) is 12.0. The SMILES string of the molecule is C=C[C@@H]1C2=CCOC(=O)C2=CO[C@H]1O[C@@H]1O[C@H](COC(C)=O)[C@@H](OC(C)=O)[C@H](OC(C)=O)[C@H]1OC(C)=O. The molecule has 13 nitrogen and oxygen atoms in total. The molecule has 1 fully saturated rings. The molecule has 37 heavy (non-hydrogen) atoms. The number of rotatable bonds is 8. The summed E-state index contributed by atoms with van der Waals surface area (Å²) in [5.74, 6) is -4.19. The predicted molar refractivity (Wildman–Crippen MR) is 119 cm³/mol. The Balaban J connectivity index is 1.97. The maximum atomic E-state index is 12.1. The topological polar surface area (TPSA) is 159 Å². The molecule has 1 saturated heterocycles. The van der Waals surface area contributed by atoms with Crippen LogP contribution >= 0.6 is 0 Å².